The summed E-state index contributed by atoms with van der Waals surface area (Å²) in [4.78, 5) is 0. The van der Waals surface area contributed by atoms with Crippen molar-refractivity contribution in [2.75, 3.05) is 0 Å². The minimum atomic E-state index is 0.916. The van der Waals surface area contributed by atoms with E-state index in [1.54, 1.807) is 0 Å². The van der Waals surface area contributed by atoms with Gasteiger partial charge in [-0.3, -0.25) is 0 Å². The Morgan fingerprint density at radius 1 is 0.536 bits per heavy atom. The fourth-order valence-electron chi connectivity index (χ4n) is 4.21. The van der Waals surface area contributed by atoms with E-state index in [1.165, 1.54) is 32.7 Å². The van der Waals surface area contributed by atoms with Crippen molar-refractivity contribution >= 4 is 59.4 Å². The summed E-state index contributed by atoms with van der Waals surface area (Å²) in [7, 11) is 0. The zero-order valence-corrected chi connectivity index (χ0v) is 16.5. The highest BCUT2D eigenvalue weighted by Gasteiger charge is 2.11. The lowest BCUT2D eigenvalue weighted by Crippen LogP contribution is -1.83. The van der Waals surface area contributed by atoms with Crippen LogP contribution >= 0.6 is 15.9 Å². The number of benzene rings is 5. The van der Waals surface area contributed by atoms with E-state index in [0.29, 0.717) is 0 Å². The van der Waals surface area contributed by atoms with Gasteiger partial charge in [-0.2, -0.15) is 0 Å². The molecule has 132 valence electrons. The third-order valence-corrected chi connectivity index (χ3v) is 6.02. The molecule has 6 rings (SSSR count). The van der Waals surface area contributed by atoms with E-state index in [9.17, 15) is 0 Å². The van der Waals surface area contributed by atoms with Gasteiger partial charge in [-0.25, -0.2) is 0 Å². The van der Waals surface area contributed by atoms with Gasteiger partial charge in [0.1, 0.15) is 11.2 Å². The molecule has 2 heteroatoms. The molecular formula is C26H15BrO. The number of hydrogen-bond donors (Lipinski definition) is 0. The molecule has 0 aliphatic carbocycles. The Bertz CT molecular complexity index is 1520. The first-order valence-electron chi connectivity index (χ1n) is 9.31. The van der Waals surface area contributed by atoms with Crippen LogP contribution in [0.5, 0.6) is 0 Å². The molecule has 1 aromatic heterocycles. The molecule has 0 aliphatic heterocycles. The average Bonchev–Trinajstić information content (AvgIpc) is 3.10. The second-order valence-corrected chi connectivity index (χ2v) is 8.06. The molecule has 0 radical (unpaired) electrons. The maximum Gasteiger partial charge on any atom is 0.135 e. The van der Waals surface area contributed by atoms with Crippen molar-refractivity contribution in [3.63, 3.8) is 0 Å². The van der Waals surface area contributed by atoms with Gasteiger partial charge in [-0.05, 0) is 63.0 Å². The number of furan rings is 1. The van der Waals surface area contributed by atoms with Gasteiger partial charge in [0.15, 0.2) is 0 Å². The van der Waals surface area contributed by atoms with E-state index in [0.717, 1.165) is 26.4 Å². The molecule has 0 saturated heterocycles. The van der Waals surface area contributed by atoms with Crippen LogP contribution in [0.15, 0.2) is 99.9 Å². The summed E-state index contributed by atoms with van der Waals surface area (Å²) in [6.45, 7) is 0. The van der Waals surface area contributed by atoms with Gasteiger partial charge < -0.3 is 4.42 Å². The summed E-state index contributed by atoms with van der Waals surface area (Å²) in [6, 6.07) is 32.2. The Labute approximate surface area is 170 Å². The lowest BCUT2D eigenvalue weighted by atomic mass is 9.94. The van der Waals surface area contributed by atoms with Crippen molar-refractivity contribution in [1.29, 1.82) is 0 Å². The van der Waals surface area contributed by atoms with Crippen molar-refractivity contribution in [1.82, 2.24) is 0 Å². The van der Waals surface area contributed by atoms with Gasteiger partial charge in [-0.1, -0.05) is 76.6 Å². The van der Waals surface area contributed by atoms with Crippen molar-refractivity contribution in [3.8, 4) is 11.1 Å². The van der Waals surface area contributed by atoms with Crippen LogP contribution in [0.4, 0.5) is 0 Å². The largest absolute Gasteiger partial charge is 0.456 e. The Kier molecular flexibility index (Phi) is 3.38. The highest BCUT2D eigenvalue weighted by atomic mass is 79.9. The quantitative estimate of drug-likeness (QED) is 0.242. The summed E-state index contributed by atoms with van der Waals surface area (Å²) in [5.74, 6) is 0. The normalized spacial score (nSPS) is 11.8. The molecule has 0 saturated carbocycles. The van der Waals surface area contributed by atoms with Gasteiger partial charge in [0.2, 0.25) is 0 Å². The van der Waals surface area contributed by atoms with Crippen molar-refractivity contribution in [2.24, 2.45) is 0 Å². The van der Waals surface area contributed by atoms with Crippen LogP contribution in [0.3, 0.4) is 0 Å². The SMILES string of the molecule is Brc1ccc2oc3ccc(-c4cccc5c4ccc4ccccc45)cc3c2c1. The van der Waals surface area contributed by atoms with Gasteiger partial charge in [-0.15, -0.1) is 0 Å². The Morgan fingerprint density at radius 2 is 1.32 bits per heavy atom. The van der Waals surface area contributed by atoms with E-state index in [2.05, 4.69) is 94.8 Å². The van der Waals surface area contributed by atoms with Crippen LogP contribution in [0.25, 0.3) is 54.6 Å². The predicted molar refractivity (Wildman–Crippen MR) is 122 cm³/mol. The van der Waals surface area contributed by atoms with Crippen LogP contribution in [0, 0.1) is 0 Å². The molecule has 1 heterocycles. The Hall–Kier alpha value is -3.10. The maximum atomic E-state index is 6.02. The third kappa shape index (κ3) is 2.31. The monoisotopic (exact) mass is 422 g/mol. The summed E-state index contributed by atoms with van der Waals surface area (Å²) >= 11 is 3.58. The fourth-order valence-corrected chi connectivity index (χ4v) is 4.57. The molecule has 0 atom stereocenters. The standard InChI is InChI=1S/C26H15BrO/c27-18-10-13-26-24(15-18)23-14-17(9-12-25(23)28-26)20-6-3-7-21-19-5-2-1-4-16(19)8-11-22(20)21/h1-15H. The third-order valence-electron chi connectivity index (χ3n) is 5.53. The van der Waals surface area contributed by atoms with Crippen molar-refractivity contribution in [2.45, 2.75) is 0 Å². The number of halogens is 1. The van der Waals surface area contributed by atoms with Crippen LogP contribution in [-0.2, 0) is 0 Å². The molecule has 0 N–H and O–H groups in total. The van der Waals surface area contributed by atoms with Crippen LogP contribution in [0.1, 0.15) is 0 Å². The Balaban J connectivity index is 1.66. The molecule has 28 heavy (non-hydrogen) atoms. The molecule has 5 aromatic carbocycles. The molecule has 0 fully saturated rings. The smallest absolute Gasteiger partial charge is 0.135 e. The van der Waals surface area contributed by atoms with E-state index < -0.39 is 0 Å². The first-order valence-corrected chi connectivity index (χ1v) is 10.1. The average molecular weight is 423 g/mol. The van der Waals surface area contributed by atoms with Crippen LogP contribution in [-0.4, -0.2) is 0 Å². The van der Waals surface area contributed by atoms with Gasteiger partial charge in [0.25, 0.3) is 0 Å². The van der Waals surface area contributed by atoms with E-state index >= 15 is 0 Å². The fraction of sp³-hybridized carbons (Fsp3) is 0. The number of rotatable bonds is 1. The molecule has 0 spiro atoms. The lowest BCUT2D eigenvalue weighted by Gasteiger charge is -2.10. The van der Waals surface area contributed by atoms with E-state index in [1.807, 2.05) is 12.1 Å². The van der Waals surface area contributed by atoms with Gasteiger partial charge in [0.05, 0.1) is 0 Å². The Morgan fingerprint density at radius 3 is 2.25 bits per heavy atom. The van der Waals surface area contributed by atoms with E-state index in [-0.39, 0.29) is 0 Å². The summed E-state index contributed by atoms with van der Waals surface area (Å²) < 4.78 is 7.08. The van der Waals surface area contributed by atoms with Gasteiger partial charge >= 0.3 is 0 Å². The molecule has 1 nitrogen and oxygen atoms in total. The second-order valence-electron chi connectivity index (χ2n) is 7.14. The molecule has 0 bridgehead atoms. The first-order chi connectivity index (χ1) is 13.8. The molecule has 0 amide bonds. The highest BCUT2D eigenvalue weighted by molar-refractivity contribution is 9.10. The summed E-state index contributed by atoms with van der Waals surface area (Å²) in [5.41, 5.74) is 4.28. The number of fused-ring (bicyclic) bond motifs is 6. The topological polar surface area (TPSA) is 13.1 Å². The predicted octanol–water partition coefficient (Wildman–Crippen LogP) is 8.32. The minimum Gasteiger partial charge on any atom is -0.456 e. The van der Waals surface area contributed by atoms with Crippen molar-refractivity contribution < 1.29 is 4.42 Å². The highest BCUT2D eigenvalue weighted by Crippen LogP contribution is 2.37. The summed E-state index contributed by atoms with van der Waals surface area (Å²) in [6.07, 6.45) is 0. The zero-order valence-electron chi connectivity index (χ0n) is 14.9. The van der Waals surface area contributed by atoms with E-state index in [4.69, 9.17) is 4.42 Å². The molecule has 0 unspecified atom stereocenters. The molecule has 0 aliphatic rings. The number of hydrogen-bond acceptors (Lipinski definition) is 1. The van der Waals surface area contributed by atoms with Crippen molar-refractivity contribution in [3.05, 3.63) is 95.5 Å². The molecular weight excluding hydrogens is 408 g/mol. The van der Waals surface area contributed by atoms with Crippen LogP contribution in [0.2, 0.25) is 0 Å². The van der Waals surface area contributed by atoms with Gasteiger partial charge in [0, 0.05) is 15.2 Å². The van der Waals surface area contributed by atoms with Crippen LogP contribution < -0.4 is 0 Å². The minimum absolute atomic E-state index is 0.916. The second kappa shape index (κ2) is 5.95. The summed E-state index contributed by atoms with van der Waals surface area (Å²) in [5, 5.41) is 7.41. The molecule has 6 aromatic rings. The lowest BCUT2D eigenvalue weighted by molar-refractivity contribution is 0.669. The zero-order chi connectivity index (χ0) is 18.7. The first kappa shape index (κ1) is 15.9. The maximum absolute atomic E-state index is 6.02.